The lowest BCUT2D eigenvalue weighted by Crippen LogP contribution is -2.00. The monoisotopic (exact) mass is 360 g/mol. The third-order valence-electron chi connectivity index (χ3n) is 3.75. The van der Waals surface area contributed by atoms with Crippen molar-refractivity contribution in [2.24, 2.45) is 0 Å². The zero-order valence-electron chi connectivity index (χ0n) is 13.3. The molecule has 124 valence electrons. The van der Waals surface area contributed by atoms with E-state index in [0.29, 0.717) is 11.3 Å². The third kappa shape index (κ3) is 3.20. The van der Waals surface area contributed by atoms with Gasteiger partial charge in [0.25, 0.3) is 5.69 Å². The molecular formula is C16H16N4O2S2. The molecule has 3 aromatic rings. The van der Waals surface area contributed by atoms with Crippen LogP contribution in [0, 0.1) is 17.0 Å². The molecule has 24 heavy (non-hydrogen) atoms. The second kappa shape index (κ2) is 7.14. The molecule has 0 amide bonds. The molecule has 0 aliphatic rings. The molecule has 0 saturated carbocycles. The Labute approximate surface area is 147 Å². The van der Waals surface area contributed by atoms with Crippen LogP contribution in [0.2, 0.25) is 0 Å². The molecule has 2 aromatic heterocycles. The van der Waals surface area contributed by atoms with Crippen LogP contribution in [-0.2, 0) is 12.3 Å². The van der Waals surface area contributed by atoms with Gasteiger partial charge in [0.1, 0.15) is 0 Å². The Morgan fingerprint density at radius 2 is 2.12 bits per heavy atom. The van der Waals surface area contributed by atoms with Gasteiger partial charge in [0.2, 0.25) is 0 Å². The van der Waals surface area contributed by atoms with Gasteiger partial charge >= 0.3 is 0 Å². The van der Waals surface area contributed by atoms with Crippen LogP contribution in [0.1, 0.15) is 18.1 Å². The van der Waals surface area contributed by atoms with Crippen molar-refractivity contribution in [3.05, 3.63) is 57.0 Å². The first-order chi connectivity index (χ1) is 11.6. The standard InChI is InChI=1S/C16H16N4O2S2/c1-3-19-15(14-8-5-9-23-14)17-18-16(19)24-10-12-6-4-7-13(11(12)2)20(21)22/h4-9H,3,10H2,1-2H3. The van der Waals surface area contributed by atoms with Crippen LogP contribution in [0.15, 0.2) is 40.9 Å². The van der Waals surface area contributed by atoms with E-state index in [1.54, 1.807) is 36.1 Å². The summed E-state index contributed by atoms with van der Waals surface area (Å²) in [5.74, 6) is 1.49. The van der Waals surface area contributed by atoms with E-state index in [-0.39, 0.29) is 10.6 Å². The fourth-order valence-electron chi connectivity index (χ4n) is 2.43. The van der Waals surface area contributed by atoms with Gasteiger partial charge in [-0.2, -0.15) is 0 Å². The van der Waals surface area contributed by atoms with Gasteiger partial charge in [-0.3, -0.25) is 10.1 Å². The summed E-state index contributed by atoms with van der Waals surface area (Å²) in [6.07, 6.45) is 0. The minimum absolute atomic E-state index is 0.157. The Morgan fingerprint density at radius 1 is 1.29 bits per heavy atom. The molecule has 0 spiro atoms. The Balaban J connectivity index is 1.83. The minimum atomic E-state index is -0.340. The number of nitro benzene ring substituents is 1. The Kier molecular flexibility index (Phi) is 4.96. The quantitative estimate of drug-likeness (QED) is 0.367. The van der Waals surface area contributed by atoms with Gasteiger partial charge in [0, 0.05) is 23.9 Å². The molecule has 0 radical (unpaired) electrons. The highest BCUT2D eigenvalue weighted by molar-refractivity contribution is 7.98. The van der Waals surface area contributed by atoms with Gasteiger partial charge in [-0.1, -0.05) is 30.0 Å². The van der Waals surface area contributed by atoms with Crippen molar-refractivity contribution in [3.63, 3.8) is 0 Å². The number of thiophene rings is 1. The maximum absolute atomic E-state index is 11.1. The smallest absolute Gasteiger partial charge is 0.272 e. The van der Waals surface area contributed by atoms with Crippen molar-refractivity contribution in [1.29, 1.82) is 0 Å². The topological polar surface area (TPSA) is 73.8 Å². The van der Waals surface area contributed by atoms with Crippen LogP contribution in [0.5, 0.6) is 0 Å². The Bertz CT molecular complexity index is 859. The van der Waals surface area contributed by atoms with E-state index in [2.05, 4.69) is 21.7 Å². The number of nitro groups is 1. The van der Waals surface area contributed by atoms with Crippen LogP contribution in [-0.4, -0.2) is 19.7 Å². The average Bonchev–Trinajstić information content (AvgIpc) is 3.22. The van der Waals surface area contributed by atoms with Crippen LogP contribution >= 0.6 is 23.1 Å². The van der Waals surface area contributed by atoms with Crippen molar-refractivity contribution < 1.29 is 4.92 Å². The number of nitrogens with zero attached hydrogens (tertiary/aromatic N) is 4. The molecule has 0 bridgehead atoms. The van der Waals surface area contributed by atoms with Gasteiger partial charge in [-0.15, -0.1) is 21.5 Å². The molecule has 2 heterocycles. The Hall–Kier alpha value is -2.19. The molecule has 1 aromatic carbocycles. The molecule has 0 saturated heterocycles. The summed E-state index contributed by atoms with van der Waals surface area (Å²) >= 11 is 3.18. The normalized spacial score (nSPS) is 10.9. The second-order valence-electron chi connectivity index (χ2n) is 5.13. The summed E-state index contributed by atoms with van der Waals surface area (Å²) < 4.78 is 2.07. The summed E-state index contributed by atoms with van der Waals surface area (Å²) in [7, 11) is 0. The Morgan fingerprint density at radius 3 is 2.79 bits per heavy atom. The second-order valence-corrected chi connectivity index (χ2v) is 7.02. The maximum atomic E-state index is 11.1. The predicted molar refractivity (Wildman–Crippen MR) is 96.4 cm³/mol. The van der Waals surface area contributed by atoms with Crippen molar-refractivity contribution in [2.45, 2.75) is 31.3 Å². The number of hydrogen-bond donors (Lipinski definition) is 0. The number of hydrogen-bond acceptors (Lipinski definition) is 6. The minimum Gasteiger partial charge on any atom is -0.302 e. The van der Waals surface area contributed by atoms with Gasteiger partial charge in [-0.25, -0.2) is 0 Å². The van der Waals surface area contributed by atoms with Gasteiger partial charge in [0.05, 0.1) is 9.80 Å². The number of rotatable bonds is 6. The van der Waals surface area contributed by atoms with Crippen LogP contribution in [0.3, 0.4) is 0 Å². The molecule has 0 aliphatic carbocycles. The van der Waals surface area contributed by atoms with E-state index in [0.717, 1.165) is 28.0 Å². The highest BCUT2D eigenvalue weighted by Crippen LogP contribution is 2.30. The van der Waals surface area contributed by atoms with Crippen LogP contribution in [0.25, 0.3) is 10.7 Å². The lowest BCUT2D eigenvalue weighted by molar-refractivity contribution is -0.385. The van der Waals surface area contributed by atoms with E-state index in [9.17, 15) is 10.1 Å². The maximum Gasteiger partial charge on any atom is 0.272 e. The summed E-state index contributed by atoms with van der Waals surface area (Å²) in [5.41, 5.74) is 1.80. The fourth-order valence-corrected chi connectivity index (χ4v) is 4.22. The molecular weight excluding hydrogens is 344 g/mol. The average molecular weight is 360 g/mol. The van der Waals surface area contributed by atoms with Crippen LogP contribution in [0.4, 0.5) is 5.69 Å². The van der Waals surface area contributed by atoms with E-state index in [1.807, 2.05) is 23.6 Å². The van der Waals surface area contributed by atoms with E-state index >= 15 is 0 Å². The van der Waals surface area contributed by atoms with Crippen molar-refractivity contribution >= 4 is 28.8 Å². The van der Waals surface area contributed by atoms with Crippen molar-refractivity contribution in [2.75, 3.05) is 0 Å². The van der Waals surface area contributed by atoms with E-state index < -0.39 is 0 Å². The van der Waals surface area contributed by atoms with Gasteiger partial charge in [0.15, 0.2) is 11.0 Å². The number of aromatic nitrogens is 3. The number of thioether (sulfide) groups is 1. The molecule has 0 N–H and O–H groups in total. The fraction of sp³-hybridized carbons (Fsp3) is 0.250. The molecule has 3 rings (SSSR count). The highest BCUT2D eigenvalue weighted by Gasteiger charge is 2.16. The van der Waals surface area contributed by atoms with Crippen molar-refractivity contribution in [1.82, 2.24) is 14.8 Å². The summed E-state index contributed by atoms with van der Waals surface area (Å²) in [6.45, 7) is 4.62. The SMILES string of the molecule is CCn1c(SCc2cccc([N+](=O)[O-])c2C)nnc1-c1cccs1. The van der Waals surface area contributed by atoms with Gasteiger partial charge in [-0.05, 0) is 30.9 Å². The molecule has 0 fully saturated rings. The lowest BCUT2D eigenvalue weighted by Gasteiger charge is -2.08. The zero-order chi connectivity index (χ0) is 17.1. The zero-order valence-corrected chi connectivity index (χ0v) is 14.9. The van der Waals surface area contributed by atoms with E-state index in [4.69, 9.17) is 0 Å². The first-order valence-corrected chi connectivity index (χ1v) is 9.31. The van der Waals surface area contributed by atoms with Crippen LogP contribution < -0.4 is 0 Å². The van der Waals surface area contributed by atoms with Gasteiger partial charge < -0.3 is 4.57 Å². The largest absolute Gasteiger partial charge is 0.302 e. The molecule has 8 heteroatoms. The first kappa shape index (κ1) is 16.7. The van der Waals surface area contributed by atoms with Crippen molar-refractivity contribution in [3.8, 4) is 10.7 Å². The molecule has 0 unspecified atom stereocenters. The third-order valence-corrected chi connectivity index (χ3v) is 5.63. The molecule has 0 atom stereocenters. The predicted octanol–water partition coefficient (Wildman–Crippen LogP) is 4.54. The molecule has 0 aliphatic heterocycles. The molecule has 6 nitrogen and oxygen atoms in total. The summed E-state index contributed by atoms with van der Waals surface area (Å²) in [6, 6.07) is 9.20. The highest BCUT2D eigenvalue weighted by atomic mass is 32.2. The summed E-state index contributed by atoms with van der Waals surface area (Å²) in [4.78, 5) is 11.8. The first-order valence-electron chi connectivity index (χ1n) is 7.44. The van der Waals surface area contributed by atoms with E-state index in [1.165, 1.54) is 6.07 Å². The number of benzene rings is 1. The lowest BCUT2D eigenvalue weighted by atomic mass is 10.1. The summed E-state index contributed by atoms with van der Waals surface area (Å²) in [5, 5.41) is 22.5.